The zero-order valence-corrected chi connectivity index (χ0v) is 24.4. The first-order chi connectivity index (χ1) is 19.3. The number of aliphatic hydroxyl groups excluding tert-OH is 1. The molecule has 3 heterocycles. The molecule has 3 N–H and O–H groups in total. The van der Waals surface area contributed by atoms with Crippen molar-refractivity contribution in [1.82, 2.24) is 14.6 Å². The van der Waals surface area contributed by atoms with E-state index < -0.39 is 61.7 Å². The van der Waals surface area contributed by atoms with Crippen LogP contribution >= 0.6 is 19.1 Å². The van der Waals surface area contributed by atoms with Crippen LogP contribution in [0.25, 0.3) is 10.4 Å². The molecule has 1 saturated heterocycles. The van der Waals surface area contributed by atoms with Crippen molar-refractivity contribution in [3.8, 4) is 16.2 Å². The second-order valence-electron chi connectivity index (χ2n) is 9.56. The number of esters is 1. The van der Waals surface area contributed by atoms with Crippen LogP contribution in [-0.4, -0.2) is 57.8 Å². The fourth-order valence-electron chi connectivity index (χ4n) is 4.19. The Morgan fingerprint density at radius 1 is 1.27 bits per heavy atom. The molecular formula is C26H31FN3O9PS. The molecule has 1 aliphatic rings. The third-order valence-electron chi connectivity index (χ3n) is 6.33. The van der Waals surface area contributed by atoms with Gasteiger partial charge in [-0.15, -0.1) is 11.3 Å². The van der Waals surface area contributed by atoms with Crippen molar-refractivity contribution in [3.63, 3.8) is 0 Å². The predicted octanol–water partition coefficient (Wildman–Crippen LogP) is 3.30. The molecule has 1 aromatic carbocycles. The second kappa shape index (κ2) is 12.4. The SMILES string of the molecule is CCOC(=O)[C@H](C)NP(=O)(OC[C@H]1O[C@@H](n2ccc(=O)[nH]c2=O)[C@](C)(F)[C@@H]1O)Oc1ccc(-c2ccc(C)s2)cc1. The Morgan fingerprint density at radius 3 is 2.59 bits per heavy atom. The van der Waals surface area contributed by atoms with E-state index in [1.54, 1.807) is 42.5 Å². The Kier molecular flexibility index (Phi) is 9.32. The molecular weight excluding hydrogens is 580 g/mol. The van der Waals surface area contributed by atoms with Crippen LogP contribution in [0.2, 0.25) is 0 Å². The quantitative estimate of drug-likeness (QED) is 0.217. The summed E-state index contributed by atoms with van der Waals surface area (Å²) in [5, 5.41) is 13.2. The van der Waals surface area contributed by atoms with Gasteiger partial charge in [-0.1, -0.05) is 0 Å². The lowest BCUT2D eigenvalue weighted by Crippen LogP contribution is -2.43. The fraction of sp³-hybridized carbons (Fsp3) is 0.423. The molecule has 3 aromatic rings. The summed E-state index contributed by atoms with van der Waals surface area (Å²) in [6.07, 6.45) is -3.82. The van der Waals surface area contributed by atoms with Gasteiger partial charge in [0.1, 0.15) is 24.0 Å². The summed E-state index contributed by atoms with van der Waals surface area (Å²) >= 11 is 1.61. The third-order valence-corrected chi connectivity index (χ3v) is 9.02. The van der Waals surface area contributed by atoms with Gasteiger partial charge in [0, 0.05) is 22.0 Å². The summed E-state index contributed by atoms with van der Waals surface area (Å²) in [4.78, 5) is 40.1. The molecule has 1 aliphatic heterocycles. The number of carbonyl (C=O) groups is 1. The van der Waals surface area contributed by atoms with Gasteiger partial charge >= 0.3 is 19.4 Å². The van der Waals surface area contributed by atoms with E-state index in [1.165, 1.54) is 6.92 Å². The van der Waals surface area contributed by atoms with E-state index in [0.29, 0.717) is 0 Å². The van der Waals surface area contributed by atoms with Crippen LogP contribution in [0.15, 0.2) is 58.3 Å². The molecule has 0 saturated carbocycles. The number of benzene rings is 1. The number of hydrogen-bond acceptors (Lipinski definition) is 10. The lowest BCUT2D eigenvalue weighted by molar-refractivity contribution is -0.144. The average molecular weight is 612 g/mol. The Labute approximate surface area is 238 Å². The monoisotopic (exact) mass is 611 g/mol. The first-order valence-corrected chi connectivity index (χ1v) is 15.1. The topological polar surface area (TPSA) is 158 Å². The standard InChI is InChI=1S/C26H31FN3O9PS/c1-5-36-23(33)16(3)29-40(35,39-18-9-7-17(8-10-18)20-11-6-15(2)41-20)37-14-19-22(32)26(4,27)24(38-19)30-13-12-21(31)28-25(30)34/h6-13,16,19,22,24,32H,5,14H2,1-4H3,(H,29,35)(H,28,31,34)/t16-,19+,22+,24+,26+,40?/m0/s1. The number of halogens is 1. The van der Waals surface area contributed by atoms with Crippen molar-refractivity contribution >= 4 is 25.1 Å². The number of nitrogens with one attached hydrogen (secondary N) is 2. The molecule has 2 aromatic heterocycles. The van der Waals surface area contributed by atoms with E-state index in [9.17, 15) is 24.1 Å². The van der Waals surface area contributed by atoms with E-state index in [4.69, 9.17) is 18.5 Å². The highest BCUT2D eigenvalue weighted by Crippen LogP contribution is 2.48. The lowest BCUT2D eigenvalue weighted by atomic mass is 9.98. The fourth-order valence-corrected chi connectivity index (χ4v) is 6.56. The molecule has 6 atom stereocenters. The highest BCUT2D eigenvalue weighted by molar-refractivity contribution is 7.52. The van der Waals surface area contributed by atoms with Crippen LogP contribution in [0.4, 0.5) is 4.39 Å². The number of aliphatic hydroxyl groups is 1. The zero-order chi connectivity index (χ0) is 29.9. The van der Waals surface area contributed by atoms with E-state index in [0.717, 1.165) is 39.1 Å². The van der Waals surface area contributed by atoms with Crippen LogP contribution in [0.1, 0.15) is 31.9 Å². The summed E-state index contributed by atoms with van der Waals surface area (Å²) in [6.45, 7) is 5.47. The van der Waals surface area contributed by atoms with Gasteiger partial charge in [0.25, 0.3) is 5.56 Å². The van der Waals surface area contributed by atoms with Crippen LogP contribution in [0.5, 0.6) is 5.75 Å². The number of aromatic nitrogens is 2. The molecule has 4 rings (SSSR count). The minimum absolute atomic E-state index is 0.0865. The van der Waals surface area contributed by atoms with Gasteiger partial charge in [0.05, 0.1) is 13.2 Å². The van der Waals surface area contributed by atoms with E-state index in [2.05, 4.69) is 5.09 Å². The minimum Gasteiger partial charge on any atom is -0.465 e. The molecule has 222 valence electrons. The van der Waals surface area contributed by atoms with Gasteiger partial charge in [-0.25, -0.2) is 13.8 Å². The normalized spacial score (nSPS) is 24.5. The second-order valence-corrected chi connectivity index (χ2v) is 12.5. The molecule has 1 unspecified atom stereocenters. The molecule has 0 amide bonds. The number of carbonyl (C=O) groups excluding carboxylic acids is 1. The molecule has 41 heavy (non-hydrogen) atoms. The zero-order valence-electron chi connectivity index (χ0n) is 22.7. The van der Waals surface area contributed by atoms with Crippen molar-refractivity contribution < 1.29 is 37.4 Å². The van der Waals surface area contributed by atoms with Gasteiger partial charge in [0.2, 0.25) is 0 Å². The summed E-state index contributed by atoms with van der Waals surface area (Å²) in [6, 6.07) is 10.5. The maximum Gasteiger partial charge on any atom is 0.459 e. The number of hydrogen-bond donors (Lipinski definition) is 3. The first-order valence-electron chi connectivity index (χ1n) is 12.7. The van der Waals surface area contributed by atoms with Crippen molar-refractivity contribution in [3.05, 3.63) is 74.4 Å². The number of H-pyrrole nitrogens is 1. The predicted molar refractivity (Wildman–Crippen MR) is 149 cm³/mol. The Morgan fingerprint density at radius 2 is 1.98 bits per heavy atom. The number of ether oxygens (including phenoxy) is 2. The van der Waals surface area contributed by atoms with Crippen LogP contribution in [0, 0.1) is 6.92 Å². The minimum atomic E-state index is -4.36. The molecule has 0 spiro atoms. The van der Waals surface area contributed by atoms with Crippen LogP contribution < -0.4 is 20.9 Å². The summed E-state index contributed by atoms with van der Waals surface area (Å²) < 4.78 is 52.0. The largest absolute Gasteiger partial charge is 0.465 e. The van der Waals surface area contributed by atoms with Gasteiger partial charge < -0.3 is 19.1 Å². The number of alkyl halides is 1. The van der Waals surface area contributed by atoms with Crippen molar-refractivity contribution in [2.24, 2.45) is 0 Å². The van der Waals surface area contributed by atoms with Crippen LogP contribution in [-0.2, 0) is 23.4 Å². The maximum absolute atomic E-state index is 15.6. The molecule has 12 nitrogen and oxygen atoms in total. The lowest BCUT2D eigenvalue weighted by Gasteiger charge is -2.25. The van der Waals surface area contributed by atoms with Gasteiger partial charge in [-0.2, -0.15) is 5.09 Å². The number of nitrogens with zero attached hydrogens (tertiary/aromatic N) is 1. The van der Waals surface area contributed by atoms with E-state index in [-0.39, 0.29) is 12.4 Å². The van der Waals surface area contributed by atoms with Gasteiger partial charge in [-0.3, -0.25) is 23.7 Å². The van der Waals surface area contributed by atoms with Crippen molar-refractivity contribution in [2.45, 2.75) is 57.8 Å². The van der Waals surface area contributed by atoms with Gasteiger partial charge in [0.15, 0.2) is 11.9 Å². The average Bonchev–Trinajstić information content (AvgIpc) is 3.44. The van der Waals surface area contributed by atoms with Crippen molar-refractivity contribution in [1.29, 1.82) is 0 Å². The third kappa shape index (κ3) is 7.03. The Hall–Kier alpha value is -3.13. The molecule has 0 radical (unpaired) electrons. The molecule has 0 aliphatic carbocycles. The highest BCUT2D eigenvalue weighted by atomic mass is 32.1. The molecule has 15 heteroatoms. The van der Waals surface area contributed by atoms with Crippen molar-refractivity contribution in [2.75, 3.05) is 13.2 Å². The summed E-state index contributed by atoms with van der Waals surface area (Å²) in [5.41, 5.74) is -3.22. The molecule has 1 fully saturated rings. The summed E-state index contributed by atoms with van der Waals surface area (Å²) in [7, 11) is -4.36. The Bertz CT molecular complexity index is 1540. The smallest absolute Gasteiger partial charge is 0.459 e. The Balaban J connectivity index is 1.54. The van der Waals surface area contributed by atoms with E-state index >= 15 is 4.39 Å². The van der Waals surface area contributed by atoms with E-state index in [1.807, 2.05) is 24.0 Å². The van der Waals surface area contributed by atoms with Gasteiger partial charge in [-0.05, 0) is 69.7 Å². The number of rotatable bonds is 11. The number of thiophene rings is 1. The highest BCUT2D eigenvalue weighted by Gasteiger charge is 2.56. The van der Waals surface area contributed by atoms with Crippen LogP contribution in [0.3, 0.4) is 0 Å². The summed E-state index contributed by atoms with van der Waals surface area (Å²) in [5.74, 6) is -0.566. The maximum atomic E-state index is 15.6. The first kappa shape index (κ1) is 30.8. The number of aromatic amines is 1. The number of aryl methyl sites for hydroxylation is 1. The molecule has 0 bridgehead atoms.